The van der Waals surface area contributed by atoms with Crippen LogP contribution in [0.3, 0.4) is 0 Å². The lowest BCUT2D eigenvalue weighted by Gasteiger charge is -2.25. The van der Waals surface area contributed by atoms with Gasteiger partial charge in [-0.15, -0.1) is 0 Å². The van der Waals surface area contributed by atoms with Crippen LogP contribution < -0.4 is 10.6 Å². The van der Waals surface area contributed by atoms with Gasteiger partial charge in [0.2, 0.25) is 5.91 Å². The van der Waals surface area contributed by atoms with Crippen LogP contribution in [0.4, 0.5) is 4.79 Å². The van der Waals surface area contributed by atoms with Gasteiger partial charge in [0.05, 0.1) is 12.5 Å². The second-order valence-electron chi connectivity index (χ2n) is 7.90. The van der Waals surface area contributed by atoms with Crippen molar-refractivity contribution in [2.24, 2.45) is 0 Å². The van der Waals surface area contributed by atoms with Crippen LogP contribution in [0, 0.1) is 0 Å². The van der Waals surface area contributed by atoms with Crippen LogP contribution in [0.15, 0.2) is 48.5 Å². The van der Waals surface area contributed by atoms with E-state index in [0.29, 0.717) is 0 Å². The third-order valence-electron chi connectivity index (χ3n) is 5.61. The lowest BCUT2D eigenvalue weighted by molar-refractivity contribution is -0.137. The summed E-state index contributed by atoms with van der Waals surface area (Å²) in [6.45, 7) is 3.33. The highest BCUT2D eigenvalue weighted by atomic mass is 16.5. The second-order valence-corrected chi connectivity index (χ2v) is 7.90. The molecule has 3 N–H and O–H groups in total. The first-order chi connectivity index (χ1) is 15.3. The molecule has 0 bridgehead atoms. The largest absolute Gasteiger partial charge is 0.481 e. The van der Waals surface area contributed by atoms with E-state index in [2.05, 4.69) is 10.6 Å². The van der Waals surface area contributed by atoms with E-state index in [9.17, 15) is 14.4 Å². The van der Waals surface area contributed by atoms with Crippen LogP contribution in [-0.2, 0) is 19.1 Å². The van der Waals surface area contributed by atoms with Crippen molar-refractivity contribution >= 4 is 18.0 Å². The molecule has 32 heavy (non-hydrogen) atoms. The average molecular weight is 440 g/mol. The maximum Gasteiger partial charge on any atom is 0.407 e. The Hall–Kier alpha value is -3.39. The third-order valence-corrected chi connectivity index (χ3v) is 5.61. The van der Waals surface area contributed by atoms with Gasteiger partial charge in [-0.05, 0) is 36.1 Å². The highest BCUT2D eigenvalue weighted by molar-refractivity contribution is 5.87. The van der Waals surface area contributed by atoms with Crippen molar-refractivity contribution in [3.05, 3.63) is 59.7 Å². The Morgan fingerprint density at radius 3 is 2.06 bits per heavy atom. The van der Waals surface area contributed by atoms with Gasteiger partial charge >= 0.3 is 12.1 Å². The molecule has 3 atom stereocenters. The van der Waals surface area contributed by atoms with Crippen molar-refractivity contribution in [3.63, 3.8) is 0 Å². The van der Waals surface area contributed by atoms with E-state index in [4.69, 9.17) is 14.6 Å². The SMILES string of the molecule is CO[C@H](C)[C@H](NC(=O)OCC1c2ccccc2-c2ccccc21)C(=O)N[C@H](C)CC(=O)O. The molecule has 2 aromatic carbocycles. The maximum absolute atomic E-state index is 12.6. The number of benzene rings is 2. The Labute approximate surface area is 186 Å². The molecule has 0 spiro atoms. The maximum atomic E-state index is 12.6. The summed E-state index contributed by atoms with van der Waals surface area (Å²) < 4.78 is 10.7. The molecule has 0 fully saturated rings. The summed E-state index contributed by atoms with van der Waals surface area (Å²) in [6, 6.07) is 14.4. The monoisotopic (exact) mass is 440 g/mol. The van der Waals surface area contributed by atoms with E-state index < -0.39 is 36.2 Å². The summed E-state index contributed by atoms with van der Waals surface area (Å²) in [7, 11) is 1.42. The molecule has 3 rings (SSSR count). The number of ether oxygens (including phenoxy) is 2. The first kappa shape index (κ1) is 23.3. The number of carbonyl (C=O) groups excluding carboxylic acids is 2. The van der Waals surface area contributed by atoms with Crippen molar-refractivity contribution in [3.8, 4) is 11.1 Å². The van der Waals surface area contributed by atoms with Gasteiger partial charge in [0.25, 0.3) is 0 Å². The molecule has 0 aliphatic heterocycles. The number of nitrogens with one attached hydrogen (secondary N) is 2. The number of amides is 2. The molecule has 0 radical (unpaired) electrons. The lowest BCUT2D eigenvalue weighted by Crippen LogP contribution is -2.54. The molecule has 0 aromatic heterocycles. The molecule has 2 amide bonds. The van der Waals surface area contributed by atoms with Crippen LogP contribution in [0.25, 0.3) is 11.1 Å². The molecule has 8 nitrogen and oxygen atoms in total. The minimum Gasteiger partial charge on any atom is -0.481 e. The number of alkyl carbamates (subject to hydrolysis) is 1. The summed E-state index contributed by atoms with van der Waals surface area (Å²) in [5, 5.41) is 14.0. The van der Waals surface area contributed by atoms with Gasteiger partial charge in [-0.1, -0.05) is 48.5 Å². The molecule has 1 aliphatic carbocycles. The Morgan fingerprint density at radius 2 is 1.53 bits per heavy atom. The zero-order chi connectivity index (χ0) is 23.3. The fraction of sp³-hybridized carbons (Fsp3) is 0.375. The highest BCUT2D eigenvalue weighted by Gasteiger charge is 2.31. The molecule has 8 heteroatoms. The molecule has 0 unspecified atom stereocenters. The molecule has 0 saturated heterocycles. The number of fused-ring (bicyclic) bond motifs is 3. The predicted molar refractivity (Wildman–Crippen MR) is 118 cm³/mol. The molecular formula is C24H28N2O6. The van der Waals surface area contributed by atoms with Gasteiger partial charge in [-0.3, -0.25) is 9.59 Å². The number of hydrogen-bond donors (Lipinski definition) is 3. The lowest BCUT2D eigenvalue weighted by atomic mass is 9.98. The minimum absolute atomic E-state index is 0.101. The summed E-state index contributed by atoms with van der Waals surface area (Å²) in [5.41, 5.74) is 4.41. The van der Waals surface area contributed by atoms with Crippen LogP contribution >= 0.6 is 0 Å². The first-order valence-electron chi connectivity index (χ1n) is 10.5. The number of carbonyl (C=O) groups is 3. The number of rotatable bonds is 9. The number of carboxylic acids is 1. The van der Waals surface area contributed by atoms with Gasteiger partial charge in [0.1, 0.15) is 12.6 Å². The summed E-state index contributed by atoms with van der Waals surface area (Å²) in [6.07, 6.45) is -1.63. The van der Waals surface area contributed by atoms with E-state index >= 15 is 0 Å². The van der Waals surface area contributed by atoms with Crippen LogP contribution in [-0.4, -0.2) is 55.0 Å². The molecule has 2 aromatic rings. The average Bonchev–Trinajstić information content (AvgIpc) is 3.08. The minimum atomic E-state index is -1.04. The van der Waals surface area contributed by atoms with Crippen molar-refractivity contribution in [1.29, 1.82) is 0 Å². The number of hydrogen-bond acceptors (Lipinski definition) is 5. The van der Waals surface area contributed by atoms with Crippen molar-refractivity contribution in [1.82, 2.24) is 10.6 Å². The smallest absolute Gasteiger partial charge is 0.407 e. The van der Waals surface area contributed by atoms with E-state index in [1.807, 2.05) is 48.5 Å². The first-order valence-corrected chi connectivity index (χ1v) is 10.5. The molecule has 0 saturated carbocycles. The van der Waals surface area contributed by atoms with Gasteiger partial charge in [0, 0.05) is 19.1 Å². The van der Waals surface area contributed by atoms with Gasteiger partial charge in [0.15, 0.2) is 0 Å². The quantitative estimate of drug-likeness (QED) is 0.553. The number of carboxylic acid groups (broad SMARTS) is 1. The normalized spacial score (nSPS) is 15.1. The summed E-state index contributed by atoms with van der Waals surface area (Å²) >= 11 is 0. The van der Waals surface area contributed by atoms with Gasteiger partial charge < -0.3 is 25.2 Å². The molecule has 1 aliphatic rings. The number of aliphatic carboxylic acids is 1. The van der Waals surface area contributed by atoms with Crippen molar-refractivity contribution < 1.29 is 29.0 Å². The van der Waals surface area contributed by atoms with E-state index in [0.717, 1.165) is 22.3 Å². The molecule has 170 valence electrons. The molecule has 0 heterocycles. The number of methoxy groups -OCH3 is 1. The zero-order valence-corrected chi connectivity index (χ0v) is 18.3. The second kappa shape index (κ2) is 10.3. The Morgan fingerprint density at radius 1 is 0.969 bits per heavy atom. The Balaban J connectivity index is 1.66. The Bertz CT molecular complexity index is 946. The van der Waals surface area contributed by atoms with Crippen molar-refractivity contribution in [2.75, 3.05) is 13.7 Å². The van der Waals surface area contributed by atoms with Gasteiger partial charge in [-0.25, -0.2) is 4.79 Å². The van der Waals surface area contributed by atoms with E-state index in [1.165, 1.54) is 7.11 Å². The third kappa shape index (κ3) is 5.26. The summed E-state index contributed by atoms with van der Waals surface area (Å²) in [5.74, 6) is -1.67. The van der Waals surface area contributed by atoms with E-state index in [-0.39, 0.29) is 18.9 Å². The zero-order valence-electron chi connectivity index (χ0n) is 18.3. The summed E-state index contributed by atoms with van der Waals surface area (Å²) in [4.78, 5) is 36.0. The predicted octanol–water partition coefficient (Wildman–Crippen LogP) is 2.91. The van der Waals surface area contributed by atoms with Crippen LogP contribution in [0.2, 0.25) is 0 Å². The molecular weight excluding hydrogens is 412 g/mol. The Kier molecular flexibility index (Phi) is 7.48. The van der Waals surface area contributed by atoms with Crippen LogP contribution in [0.1, 0.15) is 37.3 Å². The highest BCUT2D eigenvalue weighted by Crippen LogP contribution is 2.44. The fourth-order valence-electron chi connectivity index (χ4n) is 3.94. The van der Waals surface area contributed by atoms with Gasteiger partial charge in [-0.2, -0.15) is 0 Å². The van der Waals surface area contributed by atoms with Crippen molar-refractivity contribution in [2.45, 2.75) is 44.4 Å². The standard InChI is InChI=1S/C24H28N2O6/c1-14(12-21(27)28)25-23(29)22(15(2)31-3)26-24(30)32-13-20-18-10-6-4-8-16(18)17-9-5-7-11-19(17)20/h4-11,14-15,20,22H,12-13H2,1-3H3,(H,25,29)(H,26,30)(H,27,28)/t14-,15-,22+/m1/s1. The fourth-order valence-corrected chi connectivity index (χ4v) is 3.94. The van der Waals surface area contributed by atoms with Crippen LogP contribution in [0.5, 0.6) is 0 Å². The van der Waals surface area contributed by atoms with E-state index in [1.54, 1.807) is 13.8 Å². The topological polar surface area (TPSA) is 114 Å².